The Balaban J connectivity index is 2.25. The molecule has 2 heterocycles. The number of hydrogen-bond acceptors (Lipinski definition) is 5. The molecule has 21 heavy (non-hydrogen) atoms. The van der Waals surface area contributed by atoms with E-state index in [1.54, 1.807) is 0 Å². The van der Waals surface area contributed by atoms with Crippen molar-refractivity contribution in [2.45, 2.75) is 33.4 Å². The lowest BCUT2D eigenvalue weighted by atomic mass is 10.1. The van der Waals surface area contributed by atoms with Crippen molar-refractivity contribution in [2.24, 2.45) is 4.99 Å². The number of rotatable bonds is 3. The number of guanidine groups is 1. The van der Waals surface area contributed by atoms with Crippen molar-refractivity contribution in [2.75, 3.05) is 28.2 Å². The largest absolute Gasteiger partial charge is 0.356 e. The minimum absolute atomic E-state index is 0.223. The maximum atomic E-state index is 4.77. The zero-order chi connectivity index (χ0) is 15.7. The number of aryl methyl sites for hydroxylation is 1. The Morgan fingerprint density at radius 3 is 2.43 bits per heavy atom. The molecule has 4 nitrogen and oxygen atoms in total. The molecule has 0 bridgehead atoms. The van der Waals surface area contributed by atoms with Gasteiger partial charge in [0.2, 0.25) is 5.96 Å². The van der Waals surface area contributed by atoms with E-state index in [1.165, 1.54) is 21.1 Å². The van der Waals surface area contributed by atoms with E-state index in [2.05, 4.69) is 61.7 Å². The Kier molecular flexibility index (Phi) is 4.61. The smallest absolute Gasteiger partial charge is 0.202 e. The molecule has 1 aliphatic heterocycles. The van der Waals surface area contributed by atoms with E-state index in [1.807, 2.05) is 25.4 Å². The molecule has 0 spiro atoms. The summed E-state index contributed by atoms with van der Waals surface area (Å²) in [5, 5.41) is 0. The maximum Gasteiger partial charge on any atom is 0.202 e. The quantitative estimate of drug-likeness (QED) is 0.857. The molecule has 0 N–H and O–H groups in total. The van der Waals surface area contributed by atoms with Crippen LogP contribution in [0.25, 0.3) is 0 Å². The molecule has 1 unspecified atom stereocenters. The third kappa shape index (κ3) is 3.23. The summed E-state index contributed by atoms with van der Waals surface area (Å²) in [7, 11) is 8.35. The van der Waals surface area contributed by atoms with Crippen molar-refractivity contribution >= 4 is 17.3 Å². The fourth-order valence-corrected chi connectivity index (χ4v) is 3.70. The van der Waals surface area contributed by atoms with Crippen LogP contribution in [0.4, 0.5) is 0 Å². The maximum absolute atomic E-state index is 4.77. The van der Waals surface area contributed by atoms with E-state index in [9.17, 15) is 0 Å². The van der Waals surface area contributed by atoms with E-state index in [4.69, 9.17) is 4.99 Å². The number of thiophene rings is 1. The molecule has 1 aromatic rings. The Morgan fingerprint density at radius 2 is 1.90 bits per heavy atom. The lowest BCUT2D eigenvalue weighted by Crippen LogP contribution is -2.46. The predicted molar refractivity (Wildman–Crippen MR) is 91.6 cm³/mol. The molecule has 0 aromatic carbocycles. The zero-order valence-electron chi connectivity index (χ0n) is 14.1. The summed E-state index contributed by atoms with van der Waals surface area (Å²) in [6.45, 7) is 7.44. The van der Waals surface area contributed by atoms with Gasteiger partial charge >= 0.3 is 0 Å². The van der Waals surface area contributed by atoms with Crippen LogP contribution in [0.3, 0.4) is 0 Å². The third-order valence-electron chi connectivity index (χ3n) is 3.86. The van der Waals surface area contributed by atoms with Gasteiger partial charge in [0, 0.05) is 37.9 Å². The Bertz CT molecular complexity index is 571. The highest BCUT2D eigenvalue weighted by molar-refractivity contribution is 7.11. The van der Waals surface area contributed by atoms with Crippen LogP contribution in [-0.4, -0.2) is 54.9 Å². The second kappa shape index (κ2) is 6.10. The molecule has 0 radical (unpaired) electrons. The van der Waals surface area contributed by atoms with Gasteiger partial charge in [-0.3, -0.25) is 0 Å². The normalized spacial score (nSPS) is 18.9. The minimum atomic E-state index is 0.223. The standard InChI is InChI=1S/C16H26N4S/c1-11-8-9-14(21-11)10-19(6)15-12(2)13(3)17-16(18(4)5)20(15)7/h8-9,13H,10H2,1-7H3. The van der Waals surface area contributed by atoms with Crippen LogP contribution < -0.4 is 0 Å². The summed E-state index contributed by atoms with van der Waals surface area (Å²) in [4.78, 5) is 14.1. The molecule has 0 saturated heterocycles. The van der Waals surface area contributed by atoms with Gasteiger partial charge in [-0.25, -0.2) is 4.99 Å². The highest BCUT2D eigenvalue weighted by Gasteiger charge is 2.26. The molecule has 1 aromatic heterocycles. The number of aliphatic imine (C=N–C) groups is 1. The van der Waals surface area contributed by atoms with Gasteiger partial charge in [0.25, 0.3) is 0 Å². The minimum Gasteiger partial charge on any atom is -0.356 e. The molecule has 2 rings (SSSR count). The van der Waals surface area contributed by atoms with E-state index < -0.39 is 0 Å². The summed E-state index contributed by atoms with van der Waals surface area (Å²) in [6.07, 6.45) is 0. The first kappa shape index (κ1) is 15.9. The van der Waals surface area contributed by atoms with Crippen LogP contribution in [0.5, 0.6) is 0 Å². The van der Waals surface area contributed by atoms with Crippen LogP contribution in [0.1, 0.15) is 23.6 Å². The van der Waals surface area contributed by atoms with Crippen LogP contribution in [-0.2, 0) is 6.54 Å². The first-order valence-corrected chi connectivity index (χ1v) is 8.09. The lowest BCUT2D eigenvalue weighted by Gasteiger charge is -2.39. The molecular formula is C16H26N4S. The highest BCUT2D eigenvalue weighted by atomic mass is 32.1. The fourth-order valence-electron chi connectivity index (χ4n) is 2.75. The van der Waals surface area contributed by atoms with Gasteiger partial charge in [0.1, 0.15) is 5.82 Å². The monoisotopic (exact) mass is 306 g/mol. The molecule has 5 heteroatoms. The molecule has 0 aliphatic carbocycles. The van der Waals surface area contributed by atoms with E-state index in [-0.39, 0.29) is 6.04 Å². The Hall–Kier alpha value is -1.49. The Morgan fingerprint density at radius 1 is 1.24 bits per heavy atom. The van der Waals surface area contributed by atoms with Gasteiger partial charge in [-0.2, -0.15) is 0 Å². The van der Waals surface area contributed by atoms with E-state index >= 15 is 0 Å². The first-order valence-electron chi connectivity index (χ1n) is 7.27. The van der Waals surface area contributed by atoms with Crippen LogP contribution in [0.15, 0.2) is 28.5 Å². The molecular weight excluding hydrogens is 280 g/mol. The summed E-state index contributed by atoms with van der Waals surface area (Å²) < 4.78 is 0. The number of hydrogen-bond donors (Lipinski definition) is 0. The van der Waals surface area contributed by atoms with Crippen molar-refractivity contribution in [3.63, 3.8) is 0 Å². The number of nitrogens with zero attached hydrogens (tertiary/aromatic N) is 4. The topological polar surface area (TPSA) is 22.1 Å². The molecule has 0 saturated carbocycles. The SMILES string of the molecule is CC1=C(N(C)Cc2ccc(C)s2)N(C)C(N(C)C)=NC1C. The van der Waals surface area contributed by atoms with Crippen molar-refractivity contribution in [3.8, 4) is 0 Å². The highest BCUT2D eigenvalue weighted by Crippen LogP contribution is 2.26. The average molecular weight is 306 g/mol. The molecule has 1 atom stereocenters. The molecule has 1 aliphatic rings. The zero-order valence-corrected chi connectivity index (χ0v) is 15.0. The second-order valence-electron chi connectivity index (χ2n) is 5.93. The third-order valence-corrected chi connectivity index (χ3v) is 4.84. The van der Waals surface area contributed by atoms with Crippen molar-refractivity contribution in [3.05, 3.63) is 33.3 Å². The summed E-state index contributed by atoms with van der Waals surface area (Å²) >= 11 is 1.87. The van der Waals surface area contributed by atoms with Crippen molar-refractivity contribution in [1.82, 2.24) is 14.7 Å². The summed E-state index contributed by atoms with van der Waals surface area (Å²) in [5.41, 5.74) is 1.32. The molecule has 0 fully saturated rings. The van der Waals surface area contributed by atoms with Gasteiger partial charge in [-0.15, -0.1) is 11.3 Å². The lowest BCUT2D eigenvalue weighted by molar-refractivity contribution is 0.296. The fraction of sp³-hybridized carbons (Fsp3) is 0.562. The molecule has 0 amide bonds. The van der Waals surface area contributed by atoms with Gasteiger partial charge in [0.05, 0.1) is 12.6 Å². The Labute approximate surface area is 132 Å². The molecule has 116 valence electrons. The predicted octanol–water partition coefficient (Wildman–Crippen LogP) is 2.97. The van der Waals surface area contributed by atoms with Gasteiger partial charge in [0.15, 0.2) is 0 Å². The van der Waals surface area contributed by atoms with E-state index in [0.717, 1.165) is 12.5 Å². The van der Waals surface area contributed by atoms with Crippen molar-refractivity contribution < 1.29 is 0 Å². The van der Waals surface area contributed by atoms with Gasteiger partial charge in [-0.05, 0) is 38.5 Å². The van der Waals surface area contributed by atoms with E-state index in [0.29, 0.717) is 0 Å². The van der Waals surface area contributed by atoms with Gasteiger partial charge in [-0.1, -0.05) is 0 Å². The summed E-state index contributed by atoms with van der Waals surface area (Å²) in [5.74, 6) is 2.27. The van der Waals surface area contributed by atoms with Crippen LogP contribution in [0.2, 0.25) is 0 Å². The summed E-state index contributed by atoms with van der Waals surface area (Å²) in [6, 6.07) is 4.63. The van der Waals surface area contributed by atoms with Gasteiger partial charge < -0.3 is 14.7 Å². The van der Waals surface area contributed by atoms with Crippen LogP contribution in [0, 0.1) is 6.92 Å². The second-order valence-corrected chi connectivity index (χ2v) is 7.31. The van der Waals surface area contributed by atoms with Crippen LogP contribution >= 0.6 is 11.3 Å². The average Bonchev–Trinajstić information content (AvgIpc) is 2.79. The van der Waals surface area contributed by atoms with Crippen molar-refractivity contribution in [1.29, 1.82) is 0 Å². The first-order chi connectivity index (χ1) is 9.81.